The van der Waals surface area contributed by atoms with Crippen LogP contribution in [0.3, 0.4) is 0 Å². The van der Waals surface area contributed by atoms with Crippen LogP contribution in [-0.4, -0.2) is 17.4 Å². The van der Waals surface area contributed by atoms with E-state index in [2.05, 4.69) is 9.47 Å². The van der Waals surface area contributed by atoms with Crippen molar-refractivity contribution in [3.8, 4) is 11.5 Å². The van der Waals surface area contributed by atoms with Gasteiger partial charge in [0.2, 0.25) is 0 Å². The van der Waals surface area contributed by atoms with E-state index >= 15 is 0 Å². The fourth-order valence-electron chi connectivity index (χ4n) is 1.28. The third-order valence-corrected chi connectivity index (χ3v) is 2.79. The second kappa shape index (κ2) is 3.34. The molecule has 1 aliphatic heterocycles. The fraction of sp³-hybridized carbons (Fsp3) is 0.125. The minimum atomic E-state index is -3.86. The van der Waals surface area contributed by atoms with Crippen LogP contribution < -0.4 is 15.2 Å². The van der Waals surface area contributed by atoms with Crippen molar-refractivity contribution in [2.45, 2.75) is 6.29 Å². The number of carbonyl (C=O) groups is 1. The Labute approximate surface area is 101 Å². The summed E-state index contributed by atoms with van der Waals surface area (Å²) >= 11 is 1.72. The molecule has 0 amide bonds. The zero-order valence-corrected chi connectivity index (χ0v) is 9.62. The zero-order chi connectivity index (χ0) is 12.1. The second-order valence-corrected chi connectivity index (χ2v) is 4.11. The molecule has 1 heterocycles. The van der Waals surface area contributed by atoms with Gasteiger partial charge in [-0.15, -0.1) is 8.78 Å². The van der Waals surface area contributed by atoms with Crippen molar-refractivity contribution in [2.24, 2.45) is 0 Å². The molecular weight excluding hydrogens is 339 g/mol. The molecule has 1 aliphatic rings. The predicted octanol–water partition coefficient (Wildman–Crippen LogP) is 1.89. The monoisotopic (exact) mass is 343 g/mol. The van der Waals surface area contributed by atoms with Crippen molar-refractivity contribution < 1.29 is 28.2 Å². The van der Waals surface area contributed by atoms with E-state index in [9.17, 15) is 13.6 Å². The quantitative estimate of drug-likeness (QED) is 0.601. The van der Waals surface area contributed by atoms with Crippen LogP contribution in [-0.2, 0) is 0 Å². The molecule has 0 unspecified atom stereocenters. The van der Waals surface area contributed by atoms with Crippen LogP contribution in [0.5, 0.6) is 11.5 Å². The molecule has 3 N–H and O–H groups in total. The molecular formula is C8H4F2INO4. The van der Waals surface area contributed by atoms with Gasteiger partial charge >= 0.3 is 12.3 Å². The van der Waals surface area contributed by atoms with Gasteiger partial charge in [0, 0.05) is 3.57 Å². The number of hydrogen-bond acceptors (Lipinski definition) is 4. The molecule has 0 fully saturated rings. The van der Waals surface area contributed by atoms with Crippen LogP contribution in [0.4, 0.5) is 14.5 Å². The second-order valence-electron chi connectivity index (χ2n) is 2.95. The average molecular weight is 343 g/mol. The summed E-state index contributed by atoms with van der Waals surface area (Å²) in [6, 6.07) is 1.19. The van der Waals surface area contributed by atoms with Crippen molar-refractivity contribution in [1.82, 2.24) is 0 Å². The van der Waals surface area contributed by atoms with Crippen LogP contribution in [0.2, 0.25) is 0 Å². The molecule has 0 bridgehead atoms. The van der Waals surface area contributed by atoms with Gasteiger partial charge in [-0.25, -0.2) is 4.79 Å². The highest BCUT2D eigenvalue weighted by Gasteiger charge is 2.46. The van der Waals surface area contributed by atoms with Gasteiger partial charge in [0.05, 0.1) is 5.69 Å². The van der Waals surface area contributed by atoms with Gasteiger partial charge in [-0.05, 0) is 28.7 Å². The number of carboxylic acids is 1. The van der Waals surface area contributed by atoms with Crippen molar-refractivity contribution in [2.75, 3.05) is 5.73 Å². The number of rotatable bonds is 1. The molecule has 0 saturated carbocycles. The standard InChI is InChI=1S/C8H4F2INO4/c9-8(10)15-3-1-2(11)5(12)4(7(13)14)6(3)16-8/h1H,12H2,(H,13,14). The molecule has 0 saturated heterocycles. The summed E-state index contributed by atoms with van der Waals surface area (Å²) in [6.07, 6.45) is -3.86. The number of anilines is 1. The Morgan fingerprint density at radius 1 is 1.50 bits per heavy atom. The third kappa shape index (κ3) is 1.62. The van der Waals surface area contributed by atoms with E-state index in [0.717, 1.165) is 0 Å². The summed E-state index contributed by atoms with van der Waals surface area (Å²) in [6.45, 7) is 0. The van der Waals surface area contributed by atoms with Crippen molar-refractivity contribution >= 4 is 34.2 Å². The largest absolute Gasteiger partial charge is 0.586 e. The first-order chi connectivity index (χ1) is 7.32. The first-order valence-electron chi connectivity index (χ1n) is 3.93. The topological polar surface area (TPSA) is 81.8 Å². The number of carboxylic acid groups (broad SMARTS) is 1. The summed E-state index contributed by atoms with van der Waals surface area (Å²) < 4.78 is 34.1. The SMILES string of the molecule is Nc1c(I)cc2c(c1C(=O)O)OC(F)(F)O2. The van der Waals surface area contributed by atoms with Crippen LogP contribution in [0, 0.1) is 3.57 Å². The van der Waals surface area contributed by atoms with Gasteiger partial charge in [-0.3, -0.25) is 0 Å². The minimum absolute atomic E-state index is 0.131. The normalized spacial score (nSPS) is 16.2. The number of alkyl halides is 2. The number of nitrogens with two attached hydrogens (primary N) is 1. The van der Waals surface area contributed by atoms with Gasteiger partial charge < -0.3 is 20.3 Å². The van der Waals surface area contributed by atoms with Crippen molar-refractivity contribution in [1.29, 1.82) is 0 Å². The molecule has 16 heavy (non-hydrogen) atoms. The summed E-state index contributed by atoms with van der Waals surface area (Å²) in [4.78, 5) is 10.9. The Morgan fingerprint density at radius 3 is 2.69 bits per heavy atom. The van der Waals surface area contributed by atoms with Gasteiger partial charge in [0.1, 0.15) is 5.56 Å². The number of fused-ring (bicyclic) bond motifs is 1. The number of halogens is 3. The predicted molar refractivity (Wildman–Crippen MR) is 56.7 cm³/mol. The number of benzene rings is 1. The molecule has 1 aromatic rings. The Balaban J connectivity index is 2.68. The first-order valence-corrected chi connectivity index (χ1v) is 5.01. The summed E-state index contributed by atoms with van der Waals surface area (Å²) in [5.74, 6) is -2.33. The van der Waals surface area contributed by atoms with Gasteiger partial charge in [-0.2, -0.15) is 0 Å². The third-order valence-electron chi connectivity index (χ3n) is 1.90. The van der Waals surface area contributed by atoms with E-state index in [-0.39, 0.29) is 11.4 Å². The van der Waals surface area contributed by atoms with Crippen LogP contribution in [0.25, 0.3) is 0 Å². The Bertz CT molecular complexity index is 491. The highest BCUT2D eigenvalue weighted by atomic mass is 127. The van der Waals surface area contributed by atoms with Gasteiger partial charge in [0.15, 0.2) is 11.5 Å². The molecule has 0 aliphatic carbocycles. The van der Waals surface area contributed by atoms with E-state index in [1.807, 2.05) is 0 Å². The summed E-state index contributed by atoms with van der Waals surface area (Å²) in [5.41, 5.74) is 4.83. The number of nitrogen functional groups attached to an aromatic ring is 1. The lowest BCUT2D eigenvalue weighted by atomic mass is 10.1. The lowest BCUT2D eigenvalue weighted by Gasteiger charge is -2.06. The maximum atomic E-state index is 12.8. The lowest BCUT2D eigenvalue weighted by molar-refractivity contribution is -0.286. The average Bonchev–Trinajstić information content (AvgIpc) is 2.40. The molecule has 0 radical (unpaired) electrons. The molecule has 86 valence electrons. The van der Waals surface area contributed by atoms with Crippen LogP contribution in [0.1, 0.15) is 10.4 Å². The number of hydrogen-bond donors (Lipinski definition) is 2. The fourth-order valence-corrected chi connectivity index (χ4v) is 1.83. The minimum Gasteiger partial charge on any atom is -0.477 e. The Hall–Kier alpha value is -1.32. The van der Waals surface area contributed by atoms with E-state index in [0.29, 0.717) is 3.57 Å². The molecule has 5 nitrogen and oxygen atoms in total. The van der Waals surface area contributed by atoms with E-state index < -0.39 is 23.6 Å². The smallest absolute Gasteiger partial charge is 0.477 e. The van der Waals surface area contributed by atoms with Crippen LogP contribution >= 0.6 is 22.6 Å². The maximum Gasteiger partial charge on any atom is 0.586 e. The number of ether oxygens (including phenoxy) is 2. The van der Waals surface area contributed by atoms with E-state index in [1.165, 1.54) is 6.07 Å². The molecule has 0 aromatic heterocycles. The molecule has 0 atom stereocenters. The Kier molecular flexibility index (Phi) is 2.33. The lowest BCUT2D eigenvalue weighted by Crippen LogP contribution is -2.26. The van der Waals surface area contributed by atoms with Gasteiger partial charge in [-0.1, -0.05) is 0 Å². The zero-order valence-electron chi connectivity index (χ0n) is 7.46. The summed E-state index contributed by atoms with van der Waals surface area (Å²) in [7, 11) is 0. The van der Waals surface area contributed by atoms with E-state index in [1.54, 1.807) is 22.6 Å². The van der Waals surface area contributed by atoms with Crippen LogP contribution in [0.15, 0.2) is 6.07 Å². The molecule has 8 heteroatoms. The molecule has 2 rings (SSSR count). The Morgan fingerprint density at radius 2 is 2.12 bits per heavy atom. The van der Waals surface area contributed by atoms with Gasteiger partial charge in [0.25, 0.3) is 0 Å². The highest BCUT2D eigenvalue weighted by Crippen LogP contribution is 2.46. The number of aromatic carboxylic acids is 1. The highest BCUT2D eigenvalue weighted by molar-refractivity contribution is 14.1. The summed E-state index contributed by atoms with van der Waals surface area (Å²) in [5, 5.41) is 8.86. The molecule has 0 spiro atoms. The van der Waals surface area contributed by atoms with Crippen molar-refractivity contribution in [3.63, 3.8) is 0 Å². The van der Waals surface area contributed by atoms with E-state index in [4.69, 9.17) is 10.8 Å². The molecule has 1 aromatic carbocycles. The maximum absolute atomic E-state index is 12.8. The van der Waals surface area contributed by atoms with Crippen molar-refractivity contribution in [3.05, 3.63) is 15.2 Å². The first kappa shape index (κ1) is 11.2.